The van der Waals surface area contributed by atoms with Crippen molar-refractivity contribution in [2.75, 3.05) is 31.1 Å². The molecule has 5 rings (SSSR count). The lowest BCUT2D eigenvalue weighted by atomic mass is 10.1. The number of fused-ring (bicyclic) bond motifs is 2. The zero-order valence-electron chi connectivity index (χ0n) is 19.0. The van der Waals surface area contributed by atoms with Gasteiger partial charge in [0.25, 0.3) is 5.56 Å². The summed E-state index contributed by atoms with van der Waals surface area (Å²) < 4.78 is 5.10. The molecule has 0 spiro atoms. The third kappa shape index (κ3) is 3.43. The molecule has 4 heterocycles. The highest BCUT2D eigenvalue weighted by atomic mass is 32.1. The second-order valence-corrected chi connectivity index (χ2v) is 9.47. The minimum Gasteiger partial charge on any atom is -0.345 e. The molecule has 0 unspecified atom stereocenters. The highest BCUT2D eigenvalue weighted by Crippen LogP contribution is 2.33. The maximum Gasteiger partial charge on any atom is 0.332 e. The maximum absolute atomic E-state index is 13.0. The van der Waals surface area contributed by atoms with Gasteiger partial charge in [0.2, 0.25) is 5.91 Å². The minimum atomic E-state index is -0.454. The normalized spacial score (nSPS) is 14.5. The van der Waals surface area contributed by atoms with Crippen LogP contribution in [-0.2, 0) is 25.4 Å². The lowest BCUT2D eigenvalue weighted by Crippen LogP contribution is -2.49. The first-order valence-corrected chi connectivity index (χ1v) is 11.6. The molecule has 3 aromatic heterocycles. The second kappa shape index (κ2) is 7.84. The molecule has 11 heteroatoms. The summed E-state index contributed by atoms with van der Waals surface area (Å²) in [5, 5.41) is 0.986. The smallest absolute Gasteiger partial charge is 0.332 e. The van der Waals surface area contributed by atoms with E-state index in [0.29, 0.717) is 26.2 Å². The van der Waals surface area contributed by atoms with Crippen molar-refractivity contribution in [3.05, 3.63) is 50.4 Å². The SMILES string of the molecule is Cc1ccc(C)c2sc(N3CCN(C(=O)Cn4cnc5c4c(=O)n(C)c(=O)n5C)CC3)nc12. The third-order valence-corrected chi connectivity index (χ3v) is 7.61. The Morgan fingerprint density at radius 2 is 1.73 bits per heavy atom. The largest absolute Gasteiger partial charge is 0.345 e. The maximum atomic E-state index is 13.0. The van der Waals surface area contributed by atoms with Gasteiger partial charge < -0.3 is 14.4 Å². The zero-order chi connectivity index (χ0) is 23.4. The number of hydrogen-bond acceptors (Lipinski definition) is 7. The van der Waals surface area contributed by atoms with E-state index in [1.54, 1.807) is 23.3 Å². The fourth-order valence-electron chi connectivity index (χ4n) is 4.29. The highest BCUT2D eigenvalue weighted by molar-refractivity contribution is 7.22. The van der Waals surface area contributed by atoms with Crippen LogP contribution in [0.15, 0.2) is 28.0 Å². The lowest BCUT2D eigenvalue weighted by Gasteiger charge is -2.34. The van der Waals surface area contributed by atoms with Gasteiger partial charge in [0, 0.05) is 40.3 Å². The number of nitrogens with zero attached hydrogens (tertiary/aromatic N) is 7. The number of carbonyl (C=O) groups excluding carboxylic acids is 1. The summed E-state index contributed by atoms with van der Waals surface area (Å²) in [6.07, 6.45) is 1.45. The Morgan fingerprint density at radius 1 is 1.03 bits per heavy atom. The van der Waals surface area contributed by atoms with E-state index in [-0.39, 0.29) is 23.6 Å². The highest BCUT2D eigenvalue weighted by Gasteiger charge is 2.25. The van der Waals surface area contributed by atoms with Crippen LogP contribution in [-0.4, -0.2) is 60.7 Å². The van der Waals surface area contributed by atoms with Gasteiger partial charge in [-0.25, -0.2) is 14.8 Å². The molecule has 0 radical (unpaired) electrons. The van der Waals surface area contributed by atoms with Gasteiger partial charge in [-0.15, -0.1) is 0 Å². The number of imidazole rings is 1. The summed E-state index contributed by atoms with van der Waals surface area (Å²) in [4.78, 5) is 50.8. The summed E-state index contributed by atoms with van der Waals surface area (Å²) in [7, 11) is 2.99. The minimum absolute atomic E-state index is 0.00344. The summed E-state index contributed by atoms with van der Waals surface area (Å²) in [6.45, 7) is 6.74. The average Bonchev–Trinajstić information content (AvgIpc) is 3.45. The van der Waals surface area contributed by atoms with Gasteiger partial charge >= 0.3 is 5.69 Å². The second-order valence-electron chi connectivity index (χ2n) is 8.49. The Labute approximate surface area is 193 Å². The number of anilines is 1. The van der Waals surface area contributed by atoms with E-state index in [9.17, 15) is 14.4 Å². The van der Waals surface area contributed by atoms with E-state index in [0.717, 1.165) is 15.2 Å². The number of benzene rings is 1. The average molecular weight is 468 g/mol. The molecule has 0 saturated carbocycles. The van der Waals surface area contributed by atoms with Crippen LogP contribution in [0.2, 0.25) is 0 Å². The molecule has 0 N–H and O–H groups in total. The Bertz CT molecular complexity index is 1480. The Morgan fingerprint density at radius 3 is 2.42 bits per heavy atom. The molecule has 1 amide bonds. The van der Waals surface area contributed by atoms with Crippen LogP contribution in [0.4, 0.5) is 5.13 Å². The van der Waals surface area contributed by atoms with Crippen molar-refractivity contribution < 1.29 is 4.79 Å². The van der Waals surface area contributed by atoms with Crippen LogP contribution >= 0.6 is 11.3 Å². The van der Waals surface area contributed by atoms with E-state index in [1.807, 2.05) is 0 Å². The number of aromatic nitrogens is 5. The molecule has 1 aliphatic heterocycles. The third-order valence-electron chi connectivity index (χ3n) is 6.36. The van der Waals surface area contributed by atoms with E-state index in [2.05, 4.69) is 35.9 Å². The van der Waals surface area contributed by atoms with Crippen molar-refractivity contribution in [3.8, 4) is 0 Å². The Balaban J connectivity index is 1.32. The topological polar surface area (TPSA) is 98.3 Å². The number of thiazole rings is 1. The van der Waals surface area contributed by atoms with E-state index in [4.69, 9.17) is 4.98 Å². The number of hydrogen-bond donors (Lipinski definition) is 0. The van der Waals surface area contributed by atoms with Crippen molar-refractivity contribution in [1.82, 2.24) is 28.6 Å². The fraction of sp³-hybridized carbons (Fsp3) is 0.409. The molecule has 1 aliphatic rings. The summed E-state index contributed by atoms with van der Waals surface area (Å²) in [5.74, 6) is -0.0826. The molecule has 172 valence electrons. The molecular formula is C22H25N7O3S. The van der Waals surface area contributed by atoms with Crippen LogP contribution in [0.25, 0.3) is 21.4 Å². The Hall–Kier alpha value is -3.47. The molecule has 1 saturated heterocycles. The van der Waals surface area contributed by atoms with Gasteiger partial charge in [-0.2, -0.15) is 0 Å². The quantitative estimate of drug-likeness (QED) is 0.446. The summed E-state index contributed by atoms with van der Waals surface area (Å²) in [6, 6.07) is 4.23. The van der Waals surface area contributed by atoms with Gasteiger partial charge in [0.1, 0.15) is 6.54 Å². The van der Waals surface area contributed by atoms with Crippen LogP contribution in [0.5, 0.6) is 0 Å². The molecule has 1 aromatic carbocycles. The van der Waals surface area contributed by atoms with E-state index in [1.165, 1.54) is 38.3 Å². The van der Waals surface area contributed by atoms with Crippen molar-refractivity contribution in [3.63, 3.8) is 0 Å². The van der Waals surface area contributed by atoms with Crippen molar-refractivity contribution in [2.45, 2.75) is 20.4 Å². The lowest BCUT2D eigenvalue weighted by molar-refractivity contribution is -0.132. The van der Waals surface area contributed by atoms with Crippen molar-refractivity contribution in [2.24, 2.45) is 14.1 Å². The van der Waals surface area contributed by atoms with E-state index < -0.39 is 11.2 Å². The predicted molar refractivity (Wildman–Crippen MR) is 128 cm³/mol. The summed E-state index contributed by atoms with van der Waals surface area (Å²) >= 11 is 1.70. The number of piperazine rings is 1. The summed E-state index contributed by atoms with van der Waals surface area (Å²) in [5.41, 5.74) is 3.09. The van der Waals surface area contributed by atoms with Crippen molar-refractivity contribution in [1.29, 1.82) is 0 Å². The molecule has 10 nitrogen and oxygen atoms in total. The Kier molecular flexibility index (Phi) is 5.08. The van der Waals surface area contributed by atoms with Crippen molar-refractivity contribution >= 4 is 43.8 Å². The zero-order valence-corrected chi connectivity index (χ0v) is 19.8. The van der Waals surface area contributed by atoms with E-state index >= 15 is 0 Å². The van der Waals surface area contributed by atoms with Crippen LogP contribution in [0, 0.1) is 13.8 Å². The fourth-order valence-corrected chi connectivity index (χ4v) is 5.46. The number of carbonyl (C=O) groups is 1. The van der Waals surface area contributed by atoms with Gasteiger partial charge in [-0.1, -0.05) is 23.5 Å². The standard InChI is InChI=1S/C22H25N7O3S/c1-13-5-6-14(2)18-16(13)24-21(33-18)28-9-7-27(8-10-28)15(30)11-29-12-23-19-17(29)20(31)26(4)22(32)25(19)3/h5-6,12H,7-11H2,1-4H3. The molecule has 4 aromatic rings. The van der Waals surface area contributed by atoms with Gasteiger partial charge in [-0.05, 0) is 25.0 Å². The van der Waals surface area contributed by atoms with Crippen LogP contribution in [0.3, 0.4) is 0 Å². The molecule has 0 bridgehead atoms. The molecule has 0 aliphatic carbocycles. The molecule has 1 fully saturated rings. The first kappa shape index (κ1) is 21.4. The first-order chi connectivity index (χ1) is 15.8. The molecular weight excluding hydrogens is 442 g/mol. The van der Waals surface area contributed by atoms with Crippen LogP contribution in [0.1, 0.15) is 11.1 Å². The number of amides is 1. The predicted octanol–water partition coefficient (Wildman–Crippen LogP) is 1.01. The monoisotopic (exact) mass is 467 g/mol. The molecule has 0 atom stereocenters. The first-order valence-electron chi connectivity index (χ1n) is 10.8. The number of aryl methyl sites for hydroxylation is 3. The van der Waals surface area contributed by atoms with Gasteiger partial charge in [0.15, 0.2) is 16.3 Å². The van der Waals surface area contributed by atoms with Gasteiger partial charge in [-0.3, -0.25) is 18.7 Å². The van der Waals surface area contributed by atoms with Gasteiger partial charge in [0.05, 0.1) is 16.5 Å². The van der Waals surface area contributed by atoms with Crippen LogP contribution < -0.4 is 16.1 Å². The number of rotatable bonds is 3. The molecule has 33 heavy (non-hydrogen) atoms.